The Kier molecular flexibility index (Phi) is 5.12. The number of phenols is 1. The van der Waals surface area contributed by atoms with Gasteiger partial charge in [0.25, 0.3) is 0 Å². The molecule has 1 saturated heterocycles. The van der Waals surface area contributed by atoms with E-state index in [0.29, 0.717) is 17.7 Å². The number of rotatable bonds is 5. The molecule has 0 bridgehead atoms. The van der Waals surface area contributed by atoms with E-state index in [4.69, 9.17) is 0 Å². The van der Waals surface area contributed by atoms with Crippen LogP contribution >= 0.6 is 11.8 Å². The van der Waals surface area contributed by atoms with Gasteiger partial charge in [-0.1, -0.05) is 25.1 Å². The fourth-order valence-corrected chi connectivity index (χ4v) is 3.86. The van der Waals surface area contributed by atoms with Crippen LogP contribution in [-0.4, -0.2) is 44.2 Å². The van der Waals surface area contributed by atoms with Crippen LogP contribution in [0.25, 0.3) is 0 Å². The first-order chi connectivity index (χ1) is 10.0. The second-order valence-corrected chi connectivity index (χ2v) is 6.19. The molecule has 2 rings (SSSR count). The number of phenolic OH excluding ortho intramolecular Hbond substituents is 1. The van der Waals surface area contributed by atoms with Crippen molar-refractivity contribution < 1.29 is 19.8 Å². The minimum absolute atomic E-state index is 0.0667. The van der Waals surface area contributed by atoms with Crippen molar-refractivity contribution >= 4 is 23.6 Å². The van der Waals surface area contributed by atoms with Crippen molar-refractivity contribution in [2.24, 2.45) is 0 Å². The van der Waals surface area contributed by atoms with Gasteiger partial charge in [0, 0.05) is 12.2 Å². The Bertz CT molecular complexity index is 534. The summed E-state index contributed by atoms with van der Waals surface area (Å²) < 4.78 is 0. The first-order valence-electron chi connectivity index (χ1n) is 6.97. The molecule has 2 unspecified atom stereocenters. The Morgan fingerprint density at radius 2 is 2.10 bits per heavy atom. The van der Waals surface area contributed by atoms with Gasteiger partial charge in [-0.25, -0.2) is 4.79 Å². The van der Waals surface area contributed by atoms with E-state index in [9.17, 15) is 19.8 Å². The van der Waals surface area contributed by atoms with Crippen molar-refractivity contribution in [2.75, 3.05) is 5.75 Å². The molecule has 21 heavy (non-hydrogen) atoms. The first kappa shape index (κ1) is 15.7. The number of hydrogen-bond donors (Lipinski definition) is 2. The lowest BCUT2D eigenvalue weighted by molar-refractivity contribution is -0.149. The number of aryl methyl sites for hydroxylation is 1. The molecule has 1 aromatic carbocycles. The monoisotopic (exact) mass is 309 g/mol. The third-order valence-electron chi connectivity index (χ3n) is 3.61. The summed E-state index contributed by atoms with van der Waals surface area (Å²) in [6.45, 7) is 1.95. The maximum absolute atomic E-state index is 12.4. The van der Waals surface area contributed by atoms with Crippen molar-refractivity contribution in [3.63, 3.8) is 0 Å². The van der Waals surface area contributed by atoms with Crippen molar-refractivity contribution in [2.45, 2.75) is 37.6 Å². The summed E-state index contributed by atoms with van der Waals surface area (Å²) in [7, 11) is 0. The third kappa shape index (κ3) is 3.50. The third-order valence-corrected chi connectivity index (χ3v) is 5.07. The van der Waals surface area contributed by atoms with E-state index in [0.717, 1.165) is 6.42 Å². The molecule has 5 nitrogen and oxygen atoms in total. The van der Waals surface area contributed by atoms with Gasteiger partial charge in [0.15, 0.2) is 0 Å². The Morgan fingerprint density at radius 1 is 1.38 bits per heavy atom. The number of nitrogens with zero attached hydrogens (tertiary/aromatic N) is 1. The predicted octanol–water partition coefficient (Wildman–Crippen LogP) is 2.09. The highest BCUT2D eigenvalue weighted by Crippen LogP contribution is 2.32. The maximum atomic E-state index is 12.4. The smallest absolute Gasteiger partial charge is 0.327 e. The fourth-order valence-electron chi connectivity index (χ4n) is 2.50. The fraction of sp³-hybridized carbons (Fsp3) is 0.467. The van der Waals surface area contributed by atoms with Crippen molar-refractivity contribution in [3.8, 4) is 5.75 Å². The second-order valence-electron chi connectivity index (χ2n) is 4.98. The maximum Gasteiger partial charge on any atom is 0.327 e. The number of thioether (sulfide) groups is 1. The largest absolute Gasteiger partial charge is 0.508 e. The number of carbonyl (C=O) groups excluding carboxylic acids is 1. The van der Waals surface area contributed by atoms with Crippen molar-refractivity contribution in [1.29, 1.82) is 0 Å². The van der Waals surface area contributed by atoms with Gasteiger partial charge < -0.3 is 15.1 Å². The number of amides is 1. The summed E-state index contributed by atoms with van der Waals surface area (Å²) in [6, 6.07) is 6.15. The number of carbonyl (C=O) groups is 2. The number of aromatic hydroxyl groups is 1. The van der Waals surface area contributed by atoms with Gasteiger partial charge in [0.2, 0.25) is 5.91 Å². The van der Waals surface area contributed by atoms with Crippen LogP contribution < -0.4 is 0 Å². The van der Waals surface area contributed by atoms with Crippen LogP contribution in [0.4, 0.5) is 0 Å². The van der Waals surface area contributed by atoms with Gasteiger partial charge in [0.1, 0.15) is 11.8 Å². The number of carboxylic acids is 1. The molecule has 2 N–H and O–H groups in total. The van der Waals surface area contributed by atoms with E-state index in [1.54, 1.807) is 24.3 Å². The zero-order chi connectivity index (χ0) is 15.4. The molecule has 2 atom stereocenters. The summed E-state index contributed by atoms with van der Waals surface area (Å²) in [5, 5.41) is 18.9. The molecule has 1 aliphatic heterocycles. The minimum atomic E-state index is -0.950. The Hall–Kier alpha value is -1.69. The lowest BCUT2D eigenvalue weighted by Gasteiger charge is -2.26. The molecule has 0 aliphatic carbocycles. The van der Waals surface area contributed by atoms with Gasteiger partial charge >= 0.3 is 5.97 Å². The van der Waals surface area contributed by atoms with Gasteiger partial charge in [-0.3, -0.25) is 4.79 Å². The topological polar surface area (TPSA) is 77.8 Å². The predicted molar refractivity (Wildman–Crippen MR) is 81.2 cm³/mol. The van der Waals surface area contributed by atoms with Gasteiger partial charge in [-0.05, 0) is 24.5 Å². The van der Waals surface area contributed by atoms with Crippen molar-refractivity contribution in [3.05, 3.63) is 29.8 Å². The molecule has 1 amide bonds. The van der Waals surface area contributed by atoms with Gasteiger partial charge in [-0.15, -0.1) is 11.8 Å². The lowest BCUT2D eigenvalue weighted by atomic mass is 10.1. The standard InChI is InChI=1S/C15H19NO4S/c1-2-14-16(11(9-21-14)15(19)20)13(18)8-7-10-5-3-4-6-12(10)17/h3-6,11,14,17H,2,7-9H2,1H3,(H,19,20). The SMILES string of the molecule is CCC1SCC(C(=O)O)N1C(=O)CCc1ccccc1O. The summed E-state index contributed by atoms with van der Waals surface area (Å²) in [4.78, 5) is 25.1. The van der Waals surface area contributed by atoms with E-state index < -0.39 is 12.0 Å². The number of aliphatic carboxylic acids is 1. The number of para-hydroxylation sites is 1. The first-order valence-corrected chi connectivity index (χ1v) is 8.02. The molecule has 0 spiro atoms. The lowest BCUT2D eigenvalue weighted by Crippen LogP contribution is -2.45. The molecule has 1 aromatic rings. The molecule has 0 saturated carbocycles. The molecular weight excluding hydrogens is 290 g/mol. The summed E-state index contributed by atoms with van der Waals surface area (Å²) in [5.74, 6) is -0.504. The van der Waals surface area contributed by atoms with E-state index in [1.807, 2.05) is 6.92 Å². The normalized spacial score (nSPS) is 21.5. The summed E-state index contributed by atoms with van der Waals surface area (Å²) in [5.41, 5.74) is 0.706. The molecule has 6 heteroatoms. The van der Waals surface area contributed by atoms with E-state index in [2.05, 4.69) is 0 Å². The van der Waals surface area contributed by atoms with E-state index in [1.165, 1.54) is 16.7 Å². The Labute approximate surface area is 128 Å². The highest BCUT2D eigenvalue weighted by Gasteiger charge is 2.40. The number of hydrogen-bond acceptors (Lipinski definition) is 4. The highest BCUT2D eigenvalue weighted by atomic mass is 32.2. The van der Waals surface area contributed by atoms with Crippen LogP contribution in [0.15, 0.2) is 24.3 Å². The van der Waals surface area contributed by atoms with Crippen molar-refractivity contribution in [1.82, 2.24) is 4.90 Å². The Balaban J connectivity index is 2.04. The highest BCUT2D eigenvalue weighted by molar-refractivity contribution is 8.00. The van der Waals surface area contributed by atoms with E-state index >= 15 is 0 Å². The zero-order valence-corrected chi connectivity index (χ0v) is 12.7. The molecule has 0 radical (unpaired) electrons. The van der Waals surface area contributed by atoms with Crippen LogP contribution in [0.1, 0.15) is 25.3 Å². The summed E-state index contributed by atoms with van der Waals surface area (Å²) >= 11 is 1.51. The molecule has 114 valence electrons. The van der Waals surface area contributed by atoms with Gasteiger partial charge in [-0.2, -0.15) is 0 Å². The number of carboxylic acid groups (broad SMARTS) is 1. The molecule has 0 aromatic heterocycles. The Morgan fingerprint density at radius 3 is 2.71 bits per heavy atom. The quantitative estimate of drug-likeness (QED) is 0.871. The van der Waals surface area contributed by atoms with Crippen LogP contribution in [0.3, 0.4) is 0 Å². The van der Waals surface area contributed by atoms with Crippen LogP contribution in [0.5, 0.6) is 5.75 Å². The van der Waals surface area contributed by atoms with Crippen LogP contribution in [0.2, 0.25) is 0 Å². The minimum Gasteiger partial charge on any atom is -0.508 e. The average Bonchev–Trinajstić information content (AvgIpc) is 2.90. The molecule has 1 aliphatic rings. The molecular formula is C15H19NO4S. The van der Waals surface area contributed by atoms with E-state index in [-0.39, 0.29) is 23.5 Å². The van der Waals surface area contributed by atoms with Gasteiger partial charge in [0.05, 0.1) is 5.37 Å². The van der Waals surface area contributed by atoms with Crippen LogP contribution in [-0.2, 0) is 16.0 Å². The number of benzene rings is 1. The molecule has 1 fully saturated rings. The van der Waals surface area contributed by atoms with Crippen LogP contribution in [0, 0.1) is 0 Å². The second kappa shape index (κ2) is 6.85. The summed E-state index contributed by atoms with van der Waals surface area (Å²) in [6.07, 6.45) is 1.35. The average molecular weight is 309 g/mol. The molecule has 1 heterocycles. The zero-order valence-electron chi connectivity index (χ0n) is 11.9.